The highest BCUT2D eigenvalue weighted by molar-refractivity contribution is 14.1. The summed E-state index contributed by atoms with van der Waals surface area (Å²) in [5.74, 6) is 0. The van der Waals surface area contributed by atoms with Crippen molar-refractivity contribution in [2.45, 2.75) is 39.0 Å². The van der Waals surface area contributed by atoms with Crippen LogP contribution in [0.3, 0.4) is 0 Å². The summed E-state index contributed by atoms with van der Waals surface area (Å²) in [5, 5.41) is 0. The predicted molar refractivity (Wildman–Crippen MR) is 82.3 cm³/mol. The molecule has 0 radical (unpaired) electrons. The maximum Gasteiger partial charge on any atom is 0.258 e. The second-order valence-corrected chi connectivity index (χ2v) is 5.88. The molecule has 2 aromatic rings. The fourth-order valence-electron chi connectivity index (χ4n) is 1.91. The third kappa shape index (κ3) is 3.22. The van der Waals surface area contributed by atoms with Gasteiger partial charge < -0.3 is 4.42 Å². The molecule has 0 aliphatic heterocycles. The minimum Gasteiger partial charge on any atom is -0.432 e. The van der Waals surface area contributed by atoms with Gasteiger partial charge in [0.25, 0.3) is 3.90 Å². The summed E-state index contributed by atoms with van der Waals surface area (Å²) in [7, 11) is 0. The van der Waals surface area contributed by atoms with Gasteiger partial charge in [-0.05, 0) is 40.4 Å². The average molecular weight is 408 g/mol. The summed E-state index contributed by atoms with van der Waals surface area (Å²) in [6, 6.07) is 4.16. The van der Waals surface area contributed by atoms with Gasteiger partial charge in [-0.3, -0.25) is 0 Å². The van der Waals surface area contributed by atoms with Crippen molar-refractivity contribution in [3.05, 3.63) is 26.1 Å². The Morgan fingerprint density at radius 2 is 2.12 bits per heavy atom. The Labute approximate surface area is 123 Å². The van der Waals surface area contributed by atoms with Crippen LogP contribution in [0.1, 0.15) is 38.2 Å². The first-order valence-corrected chi connectivity index (χ1v) is 7.83. The molecule has 0 fully saturated rings. The van der Waals surface area contributed by atoms with E-state index < -0.39 is 0 Å². The molecule has 0 aliphatic carbocycles. The van der Waals surface area contributed by atoms with Gasteiger partial charge in [-0.25, -0.2) is 4.98 Å². The molecule has 0 amide bonds. The van der Waals surface area contributed by atoms with Gasteiger partial charge in [0.2, 0.25) is 0 Å². The van der Waals surface area contributed by atoms with Gasteiger partial charge in [0.05, 0.1) is 4.47 Å². The normalized spacial score (nSPS) is 11.2. The summed E-state index contributed by atoms with van der Waals surface area (Å²) in [5.41, 5.74) is 3.14. The minimum atomic E-state index is 0.696. The number of fused-ring (bicyclic) bond motifs is 1. The van der Waals surface area contributed by atoms with Crippen molar-refractivity contribution >= 4 is 49.6 Å². The predicted octanol–water partition coefficient (Wildman–Crippen LogP) is 5.32. The molecule has 0 saturated heterocycles. The van der Waals surface area contributed by atoms with Crippen LogP contribution in [0.5, 0.6) is 0 Å². The van der Waals surface area contributed by atoms with Crippen molar-refractivity contribution in [1.82, 2.24) is 4.98 Å². The quantitative estimate of drug-likeness (QED) is 0.495. The van der Waals surface area contributed by atoms with Crippen LogP contribution in [0.25, 0.3) is 11.1 Å². The zero-order chi connectivity index (χ0) is 12.3. The summed E-state index contributed by atoms with van der Waals surface area (Å²) in [6.45, 7) is 2.24. The van der Waals surface area contributed by atoms with Gasteiger partial charge in [-0.15, -0.1) is 0 Å². The molecule has 17 heavy (non-hydrogen) atoms. The molecule has 0 unspecified atom stereocenters. The highest BCUT2D eigenvalue weighted by Crippen LogP contribution is 2.29. The fourth-order valence-corrected chi connectivity index (χ4v) is 3.00. The Balaban J connectivity index is 2.15. The highest BCUT2D eigenvalue weighted by atomic mass is 127. The van der Waals surface area contributed by atoms with E-state index in [1.54, 1.807) is 0 Å². The second kappa shape index (κ2) is 6.18. The van der Waals surface area contributed by atoms with Gasteiger partial charge in [0.15, 0.2) is 5.58 Å². The third-order valence-corrected chi connectivity index (χ3v) is 4.20. The number of nitrogens with zero attached hydrogens (tertiary/aromatic N) is 1. The van der Waals surface area contributed by atoms with Crippen molar-refractivity contribution in [3.8, 4) is 0 Å². The molecule has 1 aromatic heterocycles. The first-order valence-electron chi connectivity index (χ1n) is 5.95. The van der Waals surface area contributed by atoms with Crippen LogP contribution in [-0.4, -0.2) is 4.98 Å². The summed E-state index contributed by atoms with van der Waals surface area (Å²) in [6.07, 6.45) is 6.26. The largest absolute Gasteiger partial charge is 0.432 e. The number of aromatic nitrogens is 1. The van der Waals surface area contributed by atoms with E-state index in [9.17, 15) is 0 Å². The maximum atomic E-state index is 5.49. The van der Waals surface area contributed by atoms with Crippen LogP contribution in [-0.2, 0) is 6.42 Å². The van der Waals surface area contributed by atoms with E-state index in [1.165, 1.54) is 31.2 Å². The molecule has 0 N–H and O–H groups in total. The summed E-state index contributed by atoms with van der Waals surface area (Å²) in [4.78, 5) is 4.39. The standard InChI is InChI=1S/C13H15BrINO/c1-2-3-4-5-6-9-7-8-10-12(11(9)14)16-13(15)17-10/h7-8H,2-6H2,1H3. The molecular formula is C13H15BrINO. The summed E-state index contributed by atoms with van der Waals surface area (Å²) >= 11 is 5.74. The van der Waals surface area contributed by atoms with Gasteiger partial charge in [0.1, 0.15) is 5.52 Å². The van der Waals surface area contributed by atoms with E-state index in [0.717, 1.165) is 22.0 Å². The molecule has 0 atom stereocenters. The molecule has 0 saturated carbocycles. The topological polar surface area (TPSA) is 26.0 Å². The van der Waals surface area contributed by atoms with Crippen LogP contribution in [0.15, 0.2) is 21.0 Å². The molecule has 0 spiro atoms. The van der Waals surface area contributed by atoms with Gasteiger partial charge in [-0.1, -0.05) is 32.3 Å². The second-order valence-electron chi connectivity index (χ2n) is 4.16. The number of aryl methyl sites for hydroxylation is 1. The number of hydrogen-bond acceptors (Lipinski definition) is 2. The molecule has 92 valence electrons. The fraction of sp³-hybridized carbons (Fsp3) is 0.462. The number of unbranched alkanes of at least 4 members (excludes halogenated alkanes) is 3. The van der Waals surface area contributed by atoms with E-state index >= 15 is 0 Å². The lowest BCUT2D eigenvalue weighted by molar-refractivity contribution is 0.566. The number of hydrogen-bond donors (Lipinski definition) is 0. The number of halogens is 2. The molecule has 4 heteroatoms. The molecule has 2 nitrogen and oxygen atoms in total. The SMILES string of the molecule is CCCCCCc1ccc2oc(I)nc2c1Br. The van der Waals surface area contributed by atoms with E-state index in [4.69, 9.17) is 4.42 Å². The first-order chi connectivity index (χ1) is 8.22. The molecule has 0 bridgehead atoms. The van der Waals surface area contributed by atoms with E-state index in [2.05, 4.69) is 56.5 Å². The van der Waals surface area contributed by atoms with Crippen LogP contribution in [0.2, 0.25) is 0 Å². The average Bonchev–Trinajstić information content (AvgIpc) is 2.69. The Morgan fingerprint density at radius 1 is 1.29 bits per heavy atom. The third-order valence-electron chi connectivity index (χ3n) is 2.85. The Hall–Kier alpha value is -0.100. The molecule has 0 aliphatic rings. The van der Waals surface area contributed by atoms with E-state index in [-0.39, 0.29) is 0 Å². The summed E-state index contributed by atoms with van der Waals surface area (Å²) < 4.78 is 7.28. The zero-order valence-electron chi connectivity index (χ0n) is 9.80. The monoisotopic (exact) mass is 407 g/mol. The van der Waals surface area contributed by atoms with Crippen molar-refractivity contribution < 1.29 is 4.42 Å². The Kier molecular flexibility index (Phi) is 4.85. The Bertz CT molecular complexity index is 509. The molecule has 2 rings (SSSR count). The van der Waals surface area contributed by atoms with E-state index in [0.29, 0.717) is 3.90 Å². The lowest BCUT2D eigenvalue weighted by Crippen LogP contribution is -1.88. The number of oxazole rings is 1. The lowest BCUT2D eigenvalue weighted by atomic mass is 10.1. The first kappa shape index (κ1) is 13.3. The smallest absolute Gasteiger partial charge is 0.258 e. The van der Waals surface area contributed by atoms with Crippen molar-refractivity contribution in [3.63, 3.8) is 0 Å². The maximum absolute atomic E-state index is 5.49. The van der Waals surface area contributed by atoms with Crippen LogP contribution in [0.4, 0.5) is 0 Å². The molecular weight excluding hydrogens is 393 g/mol. The van der Waals surface area contributed by atoms with Crippen molar-refractivity contribution in [2.24, 2.45) is 0 Å². The molecule has 1 aromatic carbocycles. The van der Waals surface area contributed by atoms with Crippen LogP contribution >= 0.6 is 38.5 Å². The number of benzene rings is 1. The number of rotatable bonds is 5. The highest BCUT2D eigenvalue weighted by Gasteiger charge is 2.10. The Morgan fingerprint density at radius 3 is 2.88 bits per heavy atom. The van der Waals surface area contributed by atoms with Crippen molar-refractivity contribution in [2.75, 3.05) is 0 Å². The minimum absolute atomic E-state index is 0.696. The van der Waals surface area contributed by atoms with Gasteiger partial charge in [-0.2, -0.15) is 0 Å². The van der Waals surface area contributed by atoms with Crippen molar-refractivity contribution in [1.29, 1.82) is 0 Å². The zero-order valence-corrected chi connectivity index (χ0v) is 13.5. The van der Waals surface area contributed by atoms with E-state index in [1.807, 2.05) is 6.07 Å². The van der Waals surface area contributed by atoms with Crippen LogP contribution in [0, 0.1) is 3.90 Å². The van der Waals surface area contributed by atoms with Crippen LogP contribution < -0.4 is 0 Å². The van der Waals surface area contributed by atoms with Gasteiger partial charge in [0, 0.05) is 22.6 Å². The molecule has 1 heterocycles. The lowest BCUT2D eigenvalue weighted by Gasteiger charge is -2.04. The van der Waals surface area contributed by atoms with Gasteiger partial charge >= 0.3 is 0 Å².